The van der Waals surface area contributed by atoms with Gasteiger partial charge < -0.3 is 10.5 Å². The molecule has 0 bridgehead atoms. The molecule has 1 fully saturated rings. The van der Waals surface area contributed by atoms with Gasteiger partial charge in [0.15, 0.2) is 0 Å². The Morgan fingerprint density at radius 2 is 2.28 bits per heavy atom. The van der Waals surface area contributed by atoms with Crippen molar-refractivity contribution in [2.45, 2.75) is 32.5 Å². The molecule has 4 heteroatoms. The Kier molecular flexibility index (Phi) is 4.69. The second kappa shape index (κ2) is 6.27. The Hall–Kier alpha value is -0.970. The summed E-state index contributed by atoms with van der Waals surface area (Å²) in [6.45, 7) is 5.91. The standard InChI is InChI=1S/C14H21FN2O/c1-2-14-10-17(5-6-18-14)9-12-7-13(15)4-3-11(12)8-16/h3-4,7,14H,2,5-6,8-10,16H2,1H3. The van der Waals surface area contributed by atoms with Crippen LogP contribution in [0.4, 0.5) is 4.39 Å². The van der Waals surface area contributed by atoms with Crippen LogP contribution in [0.1, 0.15) is 24.5 Å². The van der Waals surface area contributed by atoms with E-state index in [9.17, 15) is 4.39 Å². The molecule has 1 heterocycles. The lowest BCUT2D eigenvalue weighted by Gasteiger charge is -2.32. The van der Waals surface area contributed by atoms with Crippen LogP contribution in [0.25, 0.3) is 0 Å². The molecule has 1 aliphatic rings. The number of morpholine rings is 1. The number of hydrogen-bond acceptors (Lipinski definition) is 3. The quantitative estimate of drug-likeness (QED) is 0.889. The topological polar surface area (TPSA) is 38.5 Å². The van der Waals surface area contributed by atoms with Crippen LogP contribution in [0.3, 0.4) is 0 Å². The first-order chi connectivity index (χ1) is 8.72. The van der Waals surface area contributed by atoms with Gasteiger partial charge in [-0.05, 0) is 29.7 Å². The molecule has 0 radical (unpaired) electrons. The third-order valence-electron chi connectivity index (χ3n) is 3.46. The Labute approximate surface area is 108 Å². The number of ether oxygens (including phenoxy) is 1. The molecule has 100 valence electrons. The Bertz CT molecular complexity index is 397. The molecule has 18 heavy (non-hydrogen) atoms. The van der Waals surface area contributed by atoms with Crippen molar-refractivity contribution >= 4 is 0 Å². The fourth-order valence-electron chi connectivity index (χ4n) is 2.35. The number of halogens is 1. The number of nitrogens with two attached hydrogens (primary N) is 1. The van der Waals surface area contributed by atoms with Crippen molar-refractivity contribution in [2.24, 2.45) is 5.73 Å². The first-order valence-electron chi connectivity index (χ1n) is 6.54. The first-order valence-corrected chi connectivity index (χ1v) is 6.54. The van der Waals surface area contributed by atoms with Gasteiger partial charge in [0.05, 0.1) is 12.7 Å². The van der Waals surface area contributed by atoms with Gasteiger partial charge in [-0.3, -0.25) is 4.90 Å². The zero-order valence-electron chi connectivity index (χ0n) is 10.9. The largest absolute Gasteiger partial charge is 0.376 e. The van der Waals surface area contributed by atoms with E-state index in [4.69, 9.17) is 10.5 Å². The van der Waals surface area contributed by atoms with Crippen LogP contribution in [0.2, 0.25) is 0 Å². The fourth-order valence-corrected chi connectivity index (χ4v) is 2.35. The van der Waals surface area contributed by atoms with Gasteiger partial charge in [0.1, 0.15) is 5.82 Å². The van der Waals surface area contributed by atoms with Crippen molar-refractivity contribution < 1.29 is 9.13 Å². The van der Waals surface area contributed by atoms with Crippen molar-refractivity contribution in [1.29, 1.82) is 0 Å². The summed E-state index contributed by atoms with van der Waals surface area (Å²) >= 11 is 0. The third-order valence-corrected chi connectivity index (χ3v) is 3.46. The van der Waals surface area contributed by atoms with Crippen molar-refractivity contribution in [1.82, 2.24) is 4.90 Å². The highest BCUT2D eigenvalue weighted by Crippen LogP contribution is 2.16. The SMILES string of the molecule is CCC1CN(Cc2cc(F)ccc2CN)CCO1. The Morgan fingerprint density at radius 3 is 3.00 bits per heavy atom. The zero-order valence-corrected chi connectivity index (χ0v) is 10.9. The van der Waals surface area contributed by atoms with Crippen LogP contribution < -0.4 is 5.73 Å². The van der Waals surface area contributed by atoms with Gasteiger partial charge in [-0.15, -0.1) is 0 Å². The summed E-state index contributed by atoms with van der Waals surface area (Å²) in [7, 11) is 0. The summed E-state index contributed by atoms with van der Waals surface area (Å²) < 4.78 is 18.9. The molecule has 2 N–H and O–H groups in total. The molecule has 1 aromatic carbocycles. The van der Waals surface area contributed by atoms with Crippen LogP contribution in [0.5, 0.6) is 0 Å². The highest BCUT2D eigenvalue weighted by Gasteiger charge is 2.19. The molecule has 1 unspecified atom stereocenters. The average Bonchev–Trinajstić information content (AvgIpc) is 2.39. The van der Waals surface area contributed by atoms with Gasteiger partial charge in [-0.2, -0.15) is 0 Å². The van der Waals surface area contributed by atoms with Crippen LogP contribution in [0, 0.1) is 5.82 Å². The molecule has 0 aliphatic carbocycles. The van der Waals surface area contributed by atoms with Crippen LogP contribution in [-0.2, 0) is 17.8 Å². The lowest BCUT2D eigenvalue weighted by atomic mass is 10.1. The van der Waals surface area contributed by atoms with E-state index in [2.05, 4.69) is 11.8 Å². The molecule has 0 saturated carbocycles. The van der Waals surface area contributed by atoms with Gasteiger partial charge in [-0.25, -0.2) is 4.39 Å². The maximum absolute atomic E-state index is 13.3. The Balaban J connectivity index is 2.06. The predicted molar refractivity (Wildman–Crippen MR) is 69.6 cm³/mol. The number of hydrogen-bond donors (Lipinski definition) is 1. The lowest BCUT2D eigenvalue weighted by Crippen LogP contribution is -2.41. The van der Waals surface area contributed by atoms with Crippen LogP contribution >= 0.6 is 0 Å². The highest BCUT2D eigenvalue weighted by molar-refractivity contribution is 5.27. The van der Waals surface area contributed by atoms with E-state index in [-0.39, 0.29) is 5.82 Å². The molecule has 2 rings (SSSR count). The molecule has 1 saturated heterocycles. The maximum Gasteiger partial charge on any atom is 0.123 e. The number of nitrogens with zero attached hydrogens (tertiary/aromatic N) is 1. The molecule has 0 spiro atoms. The molecule has 1 aromatic rings. The summed E-state index contributed by atoms with van der Waals surface area (Å²) in [5, 5.41) is 0. The van der Waals surface area contributed by atoms with Gasteiger partial charge >= 0.3 is 0 Å². The van der Waals surface area contributed by atoms with E-state index in [0.717, 1.165) is 43.8 Å². The normalized spacial score (nSPS) is 21.2. The predicted octanol–water partition coefficient (Wildman–Crippen LogP) is 1.90. The van der Waals surface area contributed by atoms with E-state index in [1.54, 1.807) is 12.1 Å². The van der Waals surface area contributed by atoms with Crippen LogP contribution in [-0.4, -0.2) is 30.7 Å². The summed E-state index contributed by atoms with van der Waals surface area (Å²) in [5.41, 5.74) is 7.71. The second-order valence-electron chi connectivity index (χ2n) is 4.75. The summed E-state index contributed by atoms with van der Waals surface area (Å²) in [6.07, 6.45) is 1.32. The minimum Gasteiger partial charge on any atom is -0.376 e. The fraction of sp³-hybridized carbons (Fsp3) is 0.571. The van der Waals surface area contributed by atoms with Crippen molar-refractivity contribution in [3.63, 3.8) is 0 Å². The van der Waals surface area contributed by atoms with E-state index in [1.165, 1.54) is 6.07 Å². The Morgan fingerprint density at radius 1 is 1.44 bits per heavy atom. The first kappa shape index (κ1) is 13.5. The molecular weight excluding hydrogens is 231 g/mol. The third kappa shape index (κ3) is 3.28. The second-order valence-corrected chi connectivity index (χ2v) is 4.75. The van der Waals surface area contributed by atoms with Crippen molar-refractivity contribution in [2.75, 3.05) is 19.7 Å². The molecule has 0 aromatic heterocycles. The average molecular weight is 252 g/mol. The smallest absolute Gasteiger partial charge is 0.123 e. The molecule has 1 atom stereocenters. The minimum absolute atomic E-state index is 0.192. The van der Waals surface area contributed by atoms with E-state index >= 15 is 0 Å². The maximum atomic E-state index is 13.3. The number of rotatable bonds is 4. The molecular formula is C14H21FN2O. The van der Waals surface area contributed by atoms with Gasteiger partial charge in [0, 0.05) is 26.2 Å². The van der Waals surface area contributed by atoms with E-state index < -0.39 is 0 Å². The zero-order chi connectivity index (χ0) is 13.0. The number of benzene rings is 1. The van der Waals surface area contributed by atoms with Gasteiger partial charge in [-0.1, -0.05) is 13.0 Å². The monoisotopic (exact) mass is 252 g/mol. The van der Waals surface area contributed by atoms with Crippen molar-refractivity contribution in [3.05, 3.63) is 35.1 Å². The lowest BCUT2D eigenvalue weighted by molar-refractivity contribution is -0.0325. The molecule has 0 amide bonds. The van der Waals surface area contributed by atoms with E-state index in [1.807, 2.05) is 0 Å². The summed E-state index contributed by atoms with van der Waals surface area (Å²) in [4.78, 5) is 2.31. The van der Waals surface area contributed by atoms with Gasteiger partial charge in [0.2, 0.25) is 0 Å². The van der Waals surface area contributed by atoms with Crippen LogP contribution in [0.15, 0.2) is 18.2 Å². The highest BCUT2D eigenvalue weighted by atomic mass is 19.1. The molecule has 3 nitrogen and oxygen atoms in total. The summed E-state index contributed by atoms with van der Waals surface area (Å²) in [5.74, 6) is -0.192. The summed E-state index contributed by atoms with van der Waals surface area (Å²) in [6, 6.07) is 4.85. The molecule has 1 aliphatic heterocycles. The van der Waals surface area contributed by atoms with Gasteiger partial charge in [0.25, 0.3) is 0 Å². The minimum atomic E-state index is -0.192. The van der Waals surface area contributed by atoms with E-state index in [0.29, 0.717) is 12.6 Å². The van der Waals surface area contributed by atoms with Crippen molar-refractivity contribution in [3.8, 4) is 0 Å².